The minimum atomic E-state index is -0.718. The van der Waals surface area contributed by atoms with Crippen LogP contribution in [0, 0.1) is 35.0 Å². The number of ether oxygens (including phenoxy) is 4. The van der Waals surface area contributed by atoms with Gasteiger partial charge in [-0.15, -0.1) is 0 Å². The number of esters is 3. The van der Waals surface area contributed by atoms with E-state index in [9.17, 15) is 19.6 Å². The van der Waals surface area contributed by atoms with Crippen molar-refractivity contribution in [3.63, 3.8) is 0 Å². The van der Waals surface area contributed by atoms with E-state index in [2.05, 4.69) is 68.4 Å². The highest BCUT2D eigenvalue weighted by Gasteiger charge is 2.71. The smallest absolute Gasteiger partial charge is 0.350 e. The van der Waals surface area contributed by atoms with Crippen molar-refractivity contribution in [3.8, 4) is 17.6 Å². The normalized spacial score (nSPS) is 26.0. The molecule has 2 saturated carbocycles. The summed E-state index contributed by atoms with van der Waals surface area (Å²) in [7, 11) is 1.61. The number of unbranched alkanes of at least 4 members (excludes halogenated alkanes) is 4. The first-order valence-electron chi connectivity index (χ1n) is 24.3. The highest BCUT2D eigenvalue weighted by molar-refractivity contribution is 8.24. The number of carbonyl (C=O) groups excluding carboxylic acids is 3. The van der Waals surface area contributed by atoms with Crippen LogP contribution in [0.1, 0.15) is 175 Å². The molecular formula is C54H63NO7S2. The number of benzene rings is 3. The van der Waals surface area contributed by atoms with Crippen LogP contribution in [0.15, 0.2) is 68.1 Å². The second-order valence-electron chi connectivity index (χ2n) is 19.3. The lowest BCUT2D eigenvalue weighted by Gasteiger charge is -2.58. The van der Waals surface area contributed by atoms with Crippen LogP contribution in [0.4, 0.5) is 0 Å². The van der Waals surface area contributed by atoms with Crippen molar-refractivity contribution >= 4 is 41.4 Å². The predicted molar refractivity (Wildman–Crippen MR) is 251 cm³/mol. The minimum absolute atomic E-state index is 0.0978. The summed E-state index contributed by atoms with van der Waals surface area (Å²) in [5.41, 5.74) is 6.16. The quantitative estimate of drug-likeness (QED) is 0.0427. The fourth-order valence-electron chi connectivity index (χ4n) is 12.0. The Hall–Kier alpha value is -4.04. The summed E-state index contributed by atoms with van der Waals surface area (Å²) in [6, 6.07) is 19.3. The first kappa shape index (κ1) is 45.1. The van der Waals surface area contributed by atoms with Crippen molar-refractivity contribution in [2.24, 2.45) is 23.7 Å². The fraction of sp³-hybridized carbons (Fsp3) is 0.556. The monoisotopic (exact) mass is 901 g/mol. The van der Waals surface area contributed by atoms with Crippen molar-refractivity contribution in [3.05, 3.63) is 91.7 Å². The Morgan fingerprint density at radius 3 is 1.62 bits per heavy atom. The summed E-state index contributed by atoms with van der Waals surface area (Å²) in [5, 5.41) is 10.6. The molecule has 0 saturated heterocycles. The summed E-state index contributed by atoms with van der Waals surface area (Å²) in [6.07, 6.45) is 17.4. The van der Waals surface area contributed by atoms with Gasteiger partial charge in [0.05, 0.1) is 38.6 Å². The molecule has 3 aromatic rings. The molecule has 9 rings (SSSR count). The van der Waals surface area contributed by atoms with Crippen LogP contribution in [-0.4, -0.2) is 37.7 Å². The molecule has 0 amide bonds. The van der Waals surface area contributed by atoms with Gasteiger partial charge in [0, 0.05) is 41.9 Å². The molecule has 0 bridgehead atoms. The zero-order chi connectivity index (χ0) is 44.5. The SMILES string of the molecule is CCCCCC1CCC(C(=O)Oc2c3c(c(OC(=O)C4CCC(CCCCC)CC4)c4c2C2c5ccccc5C25c2ccccc2C45)SC(=C(C#N)C(=O)OCCC(C)OC)S3)CC1. The maximum absolute atomic E-state index is 14.7. The van der Waals surface area contributed by atoms with E-state index in [-0.39, 0.29) is 53.9 Å². The number of methoxy groups -OCH3 is 1. The van der Waals surface area contributed by atoms with Gasteiger partial charge in [0.1, 0.15) is 17.6 Å². The average molecular weight is 902 g/mol. The molecule has 10 heteroatoms. The highest BCUT2D eigenvalue weighted by Crippen LogP contribution is 2.81. The van der Waals surface area contributed by atoms with Gasteiger partial charge in [0.15, 0.2) is 5.57 Å². The van der Waals surface area contributed by atoms with Gasteiger partial charge in [-0.05, 0) is 92.4 Å². The molecule has 3 aromatic carbocycles. The number of carbonyl (C=O) groups is 3. The maximum atomic E-state index is 14.7. The lowest BCUT2D eigenvalue weighted by molar-refractivity contribution is -0.141. The fourth-order valence-corrected chi connectivity index (χ4v) is 14.6. The van der Waals surface area contributed by atoms with Crippen molar-refractivity contribution < 1.29 is 33.3 Å². The van der Waals surface area contributed by atoms with E-state index in [0.717, 1.165) is 62.5 Å². The number of nitrogens with zero attached hydrogens (tertiary/aromatic N) is 1. The number of thioether (sulfide) groups is 2. The van der Waals surface area contributed by atoms with E-state index >= 15 is 0 Å². The molecule has 5 aliphatic carbocycles. The highest BCUT2D eigenvalue weighted by atomic mass is 32.2. The van der Waals surface area contributed by atoms with Crippen LogP contribution in [-0.2, 0) is 29.3 Å². The van der Waals surface area contributed by atoms with Gasteiger partial charge in [-0.2, -0.15) is 5.26 Å². The van der Waals surface area contributed by atoms with Gasteiger partial charge in [-0.1, -0.05) is 137 Å². The zero-order valence-corrected chi connectivity index (χ0v) is 39.6. The van der Waals surface area contributed by atoms with Crippen molar-refractivity contribution in [2.45, 2.75) is 163 Å². The number of nitriles is 1. The minimum Gasteiger partial charge on any atom is -0.461 e. The Labute approximate surface area is 388 Å². The van der Waals surface area contributed by atoms with E-state index < -0.39 is 11.4 Å². The zero-order valence-electron chi connectivity index (χ0n) is 38.0. The number of hydrogen-bond donors (Lipinski definition) is 0. The third-order valence-electron chi connectivity index (χ3n) is 15.6. The summed E-state index contributed by atoms with van der Waals surface area (Å²) in [5.74, 6) is 0.326. The summed E-state index contributed by atoms with van der Waals surface area (Å²) in [6.45, 7) is 6.47. The first-order valence-corrected chi connectivity index (χ1v) is 25.9. The van der Waals surface area contributed by atoms with E-state index in [1.54, 1.807) is 7.11 Å². The van der Waals surface area contributed by atoms with Crippen LogP contribution in [0.25, 0.3) is 0 Å². The Bertz CT molecular complexity index is 2210. The average Bonchev–Trinajstić information content (AvgIpc) is 3.83. The third-order valence-corrected chi connectivity index (χ3v) is 18.2. The van der Waals surface area contributed by atoms with Gasteiger partial charge in [-0.3, -0.25) is 9.59 Å². The maximum Gasteiger partial charge on any atom is 0.350 e. The predicted octanol–water partition coefficient (Wildman–Crippen LogP) is 13.1. The van der Waals surface area contributed by atoms with Gasteiger partial charge in [-0.25, -0.2) is 4.79 Å². The van der Waals surface area contributed by atoms with Crippen LogP contribution < -0.4 is 9.47 Å². The molecular weight excluding hydrogens is 839 g/mol. The summed E-state index contributed by atoms with van der Waals surface area (Å²) >= 11 is 2.52. The third kappa shape index (κ3) is 7.93. The van der Waals surface area contributed by atoms with Crippen LogP contribution in [0.2, 0.25) is 0 Å². The Morgan fingerprint density at radius 2 is 1.19 bits per heavy atom. The van der Waals surface area contributed by atoms with E-state index in [4.69, 9.17) is 18.9 Å². The summed E-state index contributed by atoms with van der Waals surface area (Å²) in [4.78, 5) is 44.3. The largest absolute Gasteiger partial charge is 0.461 e. The Kier molecular flexibility index (Phi) is 13.7. The first-order chi connectivity index (χ1) is 31.2. The molecule has 8 nitrogen and oxygen atoms in total. The van der Waals surface area contributed by atoms with Gasteiger partial charge < -0.3 is 18.9 Å². The molecule has 2 fully saturated rings. The molecule has 1 spiro atoms. The lowest BCUT2D eigenvalue weighted by Crippen LogP contribution is -2.52. The lowest BCUT2D eigenvalue weighted by atomic mass is 9.43. The number of hydrogen-bond acceptors (Lipinski definition) is 10. The van der Waals surface area contributed by atoms with Gasteiger partial charge in [0.25, 0.3) is 0 Å². The molecule has 3 atom stereocenters. The van der Waals surface area contributed by atoms with Crippen LogP contribution >= 0.6 is 23.5 Å². The van der Waals surface area contributed by atoms with Gasteiger partial charge in [0.2, 0.25) is 0 Å². The molecule has 1 heterocycles. The van der Waals surface area contributed by atoms with Gasteiger partial charge >= 0.3 is 17.9 Å². The molecule has 64 heavy (non-hydrogen) atoms. The Balaban J connectivity index is 1.14. The van der Waals surface area contributed by atoms with E-state index in [1.807, 2.05) is 6.92 Å². The van der Waals surface area contributed by atoms with Crippen molar-refractivity contribution in [1.82, 2.24) is 0 Å². The molecule has 3 unspecified atom stereocenters. The molecule has 0 N–H and O–H groups in total. The second-order valence-corrected chi connectivity index (χ2v) is 21.6. The van der Waals surface area contributed by atoms with E-state index in [1.165, 1.54) is 97.1 Å². The van der Waals surface area contributed by atoms with Crippen molar-refractivity contribution in [2.75, 3.05) is 13.7 Å². The number of rotatable bonds is 17. The van der Waals surface area contributed by atoms with Crippen LogP contribution in [0.5, 0.6) is 11.5 Å². The Morgan fingerprint density at radius 1 is 0.719 bits per heavy atom. The molecule has 338 valence electrons. The number of fused-ring (bicyclic) bond motifs is 8. The van der Waals surface area contributed by atoms with Crippen molar-refractivity contribution in [1.29, 1.82) is 5.26 Å². The topological polar surface area (TPSA) is 112 Å². The van der Waals surface area contributed by atoms with E-state index in [0.29, 0.717) is 43.8 Å². The molecule has 1 aliphatic heterocycles. The standard InChI is InChI=1S/C54H63NO7S2/c1-5-7-9-15-33-21-25-35(26-22-33)50(56)61-46-42-43(45-38-18-12-14-20-41(38)54(45)40-19-13-11-17-37(40)44(42)54)47(62-51(57)36-27-23-34(24-28-36)16-10-8-6-2)49-48(46)63-53(64-49)39(31-55)52(58)60-30-29-32(3)59-4/h11-14,17-20,32-36,44-45H,5-10,15-16,21-30H2,1-4H3. The second kappa shape index (κ2) is 19.4. The molecule has 0 aromatic heterocycles. The molecule has 6 aliphatic rings. The summed E-state index contributed by atoms with van der Waals surface area (Å²) < 4.78 is 25.2. The van der Waals surface area contributed by atoms with Crippen LogP contribution in [0.3, 0.4) is 0 Å². The molecule has 0 radical (unpaired) electrons.